The number of amides is 1. The molecule has 0 radical (unpaired) electrons. The minimum absolute atomic E-state index is 0.0295. The molecule has 0 aliphatic carbocycles. The molecule has 1 amide bonds. The maximum absolute atomic E-state index is 12.0. The van der Waals surface area contributed by atoms with Crippen LogP contribution in [-0.4, -0.2) is 34.1 Å². The van der Waals surface area contributed by atoms with Crippen molar-refractivity contribution < 1.29 is 17.9 Å². The molecule has 0 heterocycles. The van der Waals surface area contributed by atoms with Crippen LogP contribution in [0.5, 0.6) is 0 Å². The second-order valence-corrected chi connectivity index (χ2v) is 6.93. The summed E-state index contributed by atoms with van der Waals surface area (Å²) in [7, 11) is -2.45. The lowest BCUT2D eigenvalue weighted by Crippen LogP contribution is -2.35. The molecule has 1 unspecified atom stereocenters. The Balaban J connectivity index is 3.16. The topological polar surface area (TPSA) is 98.5 Å². The summed E-state index contributed by atoms with van der Waals surface area (Å²) in [5.41, 5.74) is 0.0295. The third kappa shape index (κ3) is 4.42. The number of carbonyl (C=O) groups excluding carboxylic acids is 1. The fourth-order valence-electron chi connectivity index (χ4n) is 1.51. The first-order valence-corrected chi connectivity index (χ1v) is 8.20. The molecule has 0 fully saturated rings. The molecule has 0 aliphatic heterocycles. The standard InChI is InChI=1S/C11H14BrClN2O4S/c1-6(5-19-2)15-11(16)7-3-10(20(14,17)18)8(12)4-9(7)13/h3-4,6H,5H2,1-2H3,(H,15,16)(H2,14,17,18). The van der Waals surface area contributed by atoms with E-state index in [0.29, 0.717) is 6.61 Å². The molecule has 0 bridgehead atoms. The Hall–Kier alpha value is -0.670. The number of nitrogens with two attached hydrogens (primary N) is 1. The molecular weight excluding hydrogens is 372 g/mol. The lowest BCUT2D eigenvalue weighted by Gasteiger charge is -2.14. The predicted octanol–water partition coefficient (Wildman–Crippen LogP) is 1.51. The fourth-order valence-corrected chi connectivity index (χ4v) is 3.53. The van der Waals surface area contributed by atoms with Crippen molar-refractivity contribution in [2.24, 2.45) is 5.14 Å². The normalized spacial score (nSPS) is 13.1. The number of benzene rings is 1. The van der Waals surface area contributed by atoms with E-state index >= 15 is 0 Å². The molecule has 1 atom stereocenters. The quantitative estimate of drug-likeness (QED) is 0.802. The number of ether oxygens (including phenoxy) is 1. The van der Waals surface area contributed by atoms with Crippen LogP contribution in [0.2, 0.25) is 5.02 Å². The summed E-state index contributed by atoms with van der Waals surface area (Å²) in [4.78, 5) is 11.8. The van der Waals surface area contributed by atoms with Gasteiger partial charge < -0.3 is 10.1 Å². The van der Waals surface area contributed by atoms with Gasteiger partial charge in [-0.25, -0.2) is 13.6 Å². The van der Waals surface area contributed by atoms with Gasteiger partial charge in [0.25, 0.3) is 5.91 Å². The van der Waals surface area contributed by atoms with Crippen molar-refractivity contribution in [2.75, 3.05) is 13.7 Å². The summed E-state index contributed by atoms with van der Waals surface area (Å²) in [6.45, 7) is 2.07. The van der Waals surface area contributed by atoms with Crippen LogP contribution >= 0.6 is 27.5 Å². The molecule has 3 N–H and O–H groups in total. The molecule has 0 aliphatic rings. The predicted molar refractivity (Wildman–Crippen MR) is 79.3 cm³/mol. The van der Waals surface area contributed by atoms with Gasteiger partial charge in [-0.15, -0.1) is 0 Å². The highest BCUT2D eigenvalue weighted by molar-refractivity contribution is 9.10. The molecule has 112 valence electrons. The zero-order valence-corrected chi connectivity index (χ0v) is 14.0. The van der Waals surface area contributed by atoms with E-state index in [9.17, 15) is 13.2 Å². The first kappa shape index (κ1) is 17.4. The number of primary sulfonamides is 1. The van der Waals surface area contributed by atoms with Gasteiger partial charge in [0, 0.05) is 17.6 Å². The van der Waals surface area contributed by atoms with Gasteiger partial charge in [0.15, 0.2) is 0 Å². The molecule has 1 aromatic carbocycles. The van der Waals surface area contributed by atoms with Crippen LogP contribution in [0, 0.1) is 0 Å². The number of carbonyl (C=O) groups is 1. The molecular formula is C11H14BrClN2O4S. The Morgan fingerprint density at radius 2 is 2.15 bits per heavy atom. The molecule has 0 spiro atoms. The maximum atomic E-state index is 12.0. The number of methoxy groups -OCH3 is 1. The second kappa shape index (κ2) is 6.86. The monoisotopic (exact) mass is 384 g/mol. The highest BCUT2D eigenvalue weighted by Gasteiger charge is 2.20. The van der Waals surface area contributed by atoms with E-state index < -0.39 is 15.9 Å². The summed E-state index contributed by atoms with van der Waals surface area (Å²) < 4.78 is 27.9. The van der Waals surface area contributed by atoms with Gasteiger partial charge in [-0.2, -0.15) is 0 Å². The summed E-state index contributed by atoms with van der Waals surface area (Å²) >= 11 is 9.00. The minimum Gasteiger partial charge on any atom is -0.383 e. The van der Waals surface area contributed by atoms with Crippen LogP contribution in [0.4, 0.5) is 0 Å². The lowest BCUT2D eigenvalue weighted by molar-refractivity contribution is 0.0905. The maximum Gasteiger partial charge on any atom is 0.253 e. The van der Waals surface area contributed by atoms with Crippen molar-refractivity contribution >= 4 is 43.5 Å². The molecule has 0 saturated heterocycles. The SMILES string of the molecule is COCC(C)NC(=O)c1cc(S(N)(=O)=O)c(Br)cc1Cl. The Morgan fingerprint density at radius 3 is 2.65 bits per heavy atom. The second-order valence-electron chi connectivity index (χ2n) is 4.14. The number of sulfonamides is 1. The smallest absolute Gasteiger partial charge is 0.253 e. The van der Waals surface area contributed by atoms with E-state index in [0.717, 1.165) is 6.07 Å². The zero-order valence-electron chi connectivity index (χ0n) is 10.8. The highest BCUT2D eigenvalue weighted by atomic mass is 79.9. The van der Waals surface area contributed by atoms with Gasteiger partial charge in [0.2, 0.25) is 10.0 Å². The van der Waals surface area contributed by atoms with Crippen molar-refractivity contribution in [1.29, 1.82) is 0 Å². The van der Waals surface area contributed by atoms with Crippen LogP contribution in [-0.2, 0) is 14.8 Å². The average Bonchev–Trinajstić information content (AvgIpc) is 2.26. The minimum atomic E-state index is -3.96. The highest BCUT2D eigenvalue weighted by Crippen LogP contribution is 2.28. The van der Waals surface area contributed by atoms with Crippen LogP contribution < -0.4 is 10.5 Å². The van der Waals surface area contributed by atoms with E-state index in [2.05, 4.69) is 21.2 Å². The Labute approximate surface area is 130 Å². The average molecular weight is 386 g/mol. The van der Waals surface area contributed by atoms with Crippen molar-refractivity contribution in [3.8, 4) is 0 Å². The lowest BCUT2D eigenvalue weighted by atomic mass is 10.2. The third-order valence-corrected chi connectivity index (χ3v) is 4.55. The van der Waals surface area contributed by atoms with Gasteiger partial charge in [0.1, 0.15) is 0 Å². The molecule has 6 nitrogen and oxygen atoms in total. The van der Waals surface area contributed by atoms with Crippen molar-refractivity contribution in [3.63, 3.8) is 0 Å². The van der Waals surface area contributed by atoms with Crippen LogP contribution in [0.15, 0.2) is 21.5 Å². The number of hydrogen-bond acceptors (Lipinski definition) is 4. The molecule has 1 aromatic rings. The van der Waals surface area contributed by atoms with Gasteiger partial charge in [-0.3, -0.25) is 4.79 Å². The summed E-state index contributed by atoms with van der Waals surface area (Å²) in [5.74, 6) is -0.503. The van der Waals surface area contributed by atoms with Crippen LogP contribution in [0.1, 0.15) is 17.3 Å². The number of rotatable bonds is 5. The number of hydrogen-bond donors (Lipinski definition) is 2. The van der Waals surface area contributed by atoms with Gasteiger partial charge >= 0.3 is 0 Å². The van der Waals surface area contributed by atoms with Gasteiger partial charge in [-0.05, 0) is 35.0 Å². The molecule has 0 aromatic heterocycles. The van der Waals surface area contributed by atoms with E-state index in [4.69, 9.17) is 21.5 Å². The first-order chi connectivity index (χ1) is 9.16. The number of nitrogens with one attached hydrogen (secondary N) is 1. The molecule has 20 heavy (non-hydrogen) atoms. The van der Waals surface area contributed by atoms with Crippen molar-refractivity contribution in [2.45, 2.75) is 17.9 Å². The van der Waals surface area contributed by atoms with Gasteiger partial charge in [0.05, 0.1) is 22.1 Å². The molecule has 0 saturated carbocycles. The van der Waals surface area contributed by atoms with E-state index in [1.165, 1.54) is 13.2 Å². The van der Waals surface area contributed by atoms with Gasteiger partial charge in [-0.1, -0.05) is 11.6 Å². The first-order valence-electron chi connectivity index (χ1n) is 5.48. The Bertz CT molecular complexity index is 621. The Morgan fingerprint density at radius 1 is 1.55 bits per heavy atom. The summed E-state index contributed by atoms with van der Waals surface area (Å²) in [6.07, 6.45) is 0. The van der Waals surface area contributed by atoms with Crippen LogP contribution in [0.25, 0.3) is 0 Å². The summed E-state index contributed by atoms with van der Waals surface area (Å²) in [5, 5.41) is 7.83. The van der Waals surface area contributed by atoms with Crippen LogP contribution in [0.3, 0.4) is 0 Å². The van der Waals surface area contributed by atoms with E-state index in [1.54, 1.807) is 6.92 Å². The van der Waals surface area contributed by atoms with Crippen molar-refractivity contribution in [3.05, 3.63) is 27.2 Å². The fraction of sp³-hybridized carbons (Fsp3) is 0.364. The van der Waals surface area contributed by atoms with Crippen molar-refractivity contribution in [1.82, 2.24) is 5.32 Å². The van der Waals surface area contributed by atoms with E-state index in [1.807, 2.05) is 0 Å². The van der Waals surface area contributed by atoms with E-state index in [-0.39, 0.29) is 26.0 Å². The molecule has 1 rings (SSSR count). The largest absolute Gasteiger partial charge is 0.383 e. The zero-order chi connectivity index (χ0) is 15.5. The Kier molecular flexibility index (Phi) is 5.96. The molecule has 9 heteroatoms. The third-order valence-electron chi connectivity index (χ3n) is 2.37. The summed E-state index contributed by atoms with van der Waals surface area (Å²) in [6, 6.07) is 2.21. The number of halogens is 2.